The molecule has 3 rings (SSSR count). The molecular weight excluding hydrogens is 253 g/mol. The van der Waals surface area contributed by atoms with Crippen LogP contribution in [-0.4, -0.2) is 5.60 Å². The van der Waals surface area contributed by atoms with E-state index in [1.54, 1.807) is 12.1 Å². The lowest BCUT2D eigenvalue weighted by atomic mass is 9.89. The molecule has 0 spiro atoms. The van der Waals surface area contributed by atoms with Gasteiger partial charge in [0.15, 0.2) is 0 Å². The number of halogens is 1. The van der Waals surface area contributed by atoms with E-state index >= 15 is 0 Å². The summed E-state index contributed by atoms with van der Waals surface area (Å²) >= 11 is 0. The summed E-state index contributed by atoms with van der Waals surface area (Å²) in [6.07, 6.45) is 0.790. The Morgan fingerprint density at radius 2 is 1.80 bits per heavy atom. The van der Waals surface area contributed by atoms with Crippen LogP contribution in [0, 0.1) is 5.82 Å². The molecule has 0 saturated carbocycles. The van der Waals surface area contributed by atoms with Crippen molar-refractivity contribution in [2.24, 2.45) is 0 Å². The van der Waals surface area contributed by atoms with Crippen LogP contribution in [0.3, 0.4) is 0 Å². The van der Waals surface area contributed by atoms with Crippen molar-refractivity contribution in [3.05, 3.63) is 59.9 Å². The van der Waals surface area contributed by atoms with E-state index < -0.39 is 0 Å². The van der Waals surface area contributed by atoms with Crippen LogP contribution in [0.5, 0.6) is 5.75 Å². The number of hydrogen-bond donors (Lipinski definition) is 1. The largest absolute Gasteiger partial charge is 0.487 e. The quantitative estimate of drug-likeness (QED) is 0.865. The Balaban J connectivity index is 1.95. The number of benzene rings is 2. The van der Waals surface area contributed by atoms with E-state index in [1.165, 1.54) is 6.07 Å². The van der Waals surface area contributed by atoms with Crippen LogP contribution in [0.2, 0.25) is 0 Å². The molecule has 1 aliphatic heterocycles. The van der Waals surface area contributed by atoms with Gasteiger partial charge < -0.3 is 10.1 Å². The first-order chi connectivity index (χ1) is 9.55. The van der Waals surface area contributed by atoms with Crippen LogP contribution in [-0.2, 0) is 0 Å². The smallest absolute Gasteiger partial charge is 0.146 e. The Hall–Kier alpha value is -2.03. The van der Waals surface area contributed by atoms with Gasteiger partial charge in [-0.15, -0.1) is 0 Å². The number of rotatable bonds is 2. The fourth-order valence-corrected chi connectivity index (χ4v) is 2.70. The van der Waals surface area contributed by atoms with Crippen molar-refractivity contribution in [3.63, 3.8) is 0 Å². The van der Waals surface area contributed by atoms with E-state index in [0.29, 0.717) is 5.69 Å². The minimum Gasteiger partial charge on any atom is -0.487 e. The van der Waals surface area contributed by atoms with Gasteiger partial charge in [0.1, 0.15) is 17.2 Å². The first-order valence-electron chi connectivity index (χ1n) is 6.84. The van der Waals surface area contributed by atoms with Crippen LogP contribution in [0.4, 0.5) is 10.1 Å². The first-order valence-corrected chi connectivity index (χ1v) is 6.84. The average Bonchev–Trinajstić information content (AvgIpc) is 2.40. The maximum Gasteiger partial charge on any atom is 0.146 e. The van der Waals surface area contributed by atoms with Gasteiger partial charge in [-0.3, -0.25) is 0 Å². The number of hydrogen-bond acceptors (Lipinski definition) is 2. The Kier molecular flexibility index (Phi) is 3.13. The minimum absolute atomic E-state index is 0.0480. The molecule has 0 radical (unpaired) electrons. The molecule has 0 fully saturated rings. The Bertz CT molecular complexity index is 624. The Morgan fingerprint density at radius 1 is 1.10 bits per heavy atom. The predicted molar refractivity (Wildman–Crippen MR) is 78.5 cm³/mol. The molecule has 3 heteroatoms. The van der Waals surface area contributed by atoms with Gasteiger partial charge in [-0.05, 0) is 32.0 Å². The van der Waals surface area contributed by atoms with E-state index in [0.717, 1.165) is 17.7 Å². The second-order valence-electron chi connectivity index (χ2n) is 5.78. The maximum absolute atomic E-state index is 13.8. The van der Waals surface area contributed by atoms with E-state index in [4.69, 9.17) is 4.74 Å². The fourth-order valence-electron chi connectivity index (χ4n) is 2.70. The van der Waals surface area contributed by atoms with Crippen LogP contribution >= 0.6 is 0 Å². The van der Waals surface area contributed by atoms with Gasteiger partial charge in [0, 0.05) is 12.0 Å². The summed E-state index contributed by atoms with van der Waals surface area (Å²) in [5, 5.41) is 3.31. The Labute approximate surface area is 118 Å². The van der Waals surface area contributed by atoms with Crippen LogP contribution in [0.1, 0.15) is 31.9 Å². The summed E-state index contributed by atoms with van der Waals surface area (Å²) < 4.78 is 19.8. The number of nitrogens with one attached hydrogen (secondary N) is 1. The lowest BCUT2D eigenvalue weighted by Gasteiger charge is -2.38. The monoisotopic (exact) mass is 271 g/mol. The molecule has 2 aromatic carbocycles. The third kappa shape index (κ3) is 2.48. The van der Waals surface area contributed by atoms with Gasteiger partial charge in [-0.25, -0.2) is 4.39 Å². The summed E-state index contributed by atoms with van der Waals surface area (Å²) in [4.78, 5) is 0. The van der Waals surface area contributed by atoms with Gasteiger partial charge in [-0.2, -0.15) is 0 Å². The zero-order valence-corrected chi connectivity index (χ0v) is 11.7. The molecule has 0 aromatic heterocycles. The van der Waals surface area contributed by atoms with E-state index in [1.807, 2.05) is 30.3 Å². The zero-order valence-electron chi connectivity index (χ0n) is 11.7. The van der Waals surface area contributed by atoms with E-state index in [9.17, 15) is 4.39 Å². The van der Waals surface area contributed by atoms with Crippen molar-refractivity contribution in [1.29, 1.82) is 0 Å². The molecule has 2 aromatic rings. The van der Waals surface area contributed by atoms with Crippen molar-refractivity contribution >= 4 is 5.69 Å². The zero-order chi connectivity index (χ0) is 14.2. The van der Waals surface area contributed by atoms with Crippen LogP contribution < -0.4 is 10.1 Å². The number of anilines is 1. The molecule has 1 unspecified atom stereocenters. The number of fused-ring (bicyclic) bond motifs is 1. The maximum atomic E-state index is 13.8. The van der Waals surface area contributed by atoms with Gasteiger partial charge in [0.25, 0.3) is 0 Å². The molecule has 0 saturated heterocycles. The lowest BCUT2D eigenvalue weighted by Crippen LogP contribution is -2.37. The highest BCUT2D eigenvalue weighted by Gasteiger charge is 2.33. The van der Waals surface area contributed by atoms with Gasteiger partial charge in [0.2, 0.25) is 0 Å². The summed E-state index contributed by atoms with van der Waals surface area (Å²) in [6.45, 7) is 4.11. The second-order valence-corrected chi connectivity index (χ2v) is 5.78. The third-order valence-corrected chi connectivity index (χ3v) is 3.58. The van der Waals surface area contributed by atoms with Crippen molar-refractivity contribution < 1.29 is 9.13 Å². The molecule has 1 aliphatic rings. The average molecular weight is 271 g/mol. The van der Waals surface area contributed by atoms with E-state index in [2.05, 4.69) is 19.2 Å². The highest BCUT2D eigenvalue weighted by atomic mass is 19.1. The van der Waals surface area contributed by atoms with Crippen molar-refractivity contribution in [2.75, 3.05) is 5.32 Å². The molecule has 1 atom stereocenters. The molecule has 1 heterocycles. The SMILES string of the molecule is CC1(C)CC(Nc2ccccc2F)c2ccccc2O1. The molecule has 1 N–H and O–H groups in total. The van der Waals surface area contributed by atoms with Crippen molar-refractivity contribution in [3.8, 4) is 5.75 Å². The summed E-state index contributed by atoms with van der Waals surface area (Å²) in [5.74, 6) is 0.645. The minimum atomic E-state index is -0.267. The van der Waals surface area contributed by atoms with Gasteiger partial charge in [0.05, 0.1) is 11.7 Å². The van der Waals surface area contributed by atoms with Gasteiger partial charge >= 0.3 is 0 Å². The second kappa shape index (κ2) is 4.82. The Morgan fingerprint density at radius 3 is 2.60 bits per heavy atom. The summed E-state index contributed by atoms with van der Waals surface area (Å²) in [6, 6.07) is 14.8. The van der Waals surface area contributed by atoms with Crippen molar-refractivity contribution in [1.82, 2.24) is 0 Å². The standard InChI is InChI=1S/C17H18FNO/c1-17(2)11-15(12-7-3-6-10-16(12)20-17)19-14-9-5-4-8-13(14)18/h3-10,15,19H,11H2,1-2H3. The molecule has 104 valence electrons. The normalized spacial score (nSPS) is 19.9. The van der Waals surface area contributed by atoms with Crippen molar-refractivity contribution in [2.45, 2.75) is 31.9 Å². The number of para-hydroxylation sites is 2. The summed E-state index contributed by atoms with van der Waals surface area (Å²) in [7, 11) is 0. The molecule has 20 heavy (non-hydrogen) atoms. The molecule has 0 aliphatic carbocycles. The first kappa shape index (κ1) is 13.0. The highest BCUT2D eigenvalue weighted by molar-refractivity contribution is 5.50. The molecule has 0 bridgehead atoms. The fraction of sp³-hybridized carbons (Fsp3) is 0.294. The van der Waals surface area contributed by atoms with Gasteiger partial charge in [-0.1, -0.05) is 30.3 Å². The highest BCUT2D eigenvalue weighted by Crippen LogP contribution is 2.41. The topological polar surface area (TPSA) is 21.3 Å². The molecular formula is C17H18FNO. The lowest BCUT2D eigenvalue weighted by molar-refractivity contribution is 0.0758. The molecule has 2 nitrogen and oxygen atoms in total. The van der Waals surface area contributed by atoms with Crippen LogP contribution in [0.15, 0.2) is 48.5 Å². The third-order valence-electron chi connectivity index (χ3n) is 3.58. The van der Waals surface area contributed by atoms with E-state index in [-0.39, 0.29) is 17.5 Å². The number of ether oxygens (including phenoxy) is 1. The molecule has 0 amide bonds. The predicted octanol–water partition coefficient (Wildman–Crippen LogP) is 4.54. The van der Waals surface area contributed by atoms with Crippen LogP contribution in [0.25, 0.3) is 0 Å². The summed E-state index contributed by atoms with van der Waals surface area (Å²) in [5.41, 5.74) is 1.34.